The van der Waals surface area contributed by atoms with Crippen molar-refractivity contribution in [2.45, 2.75) is 37.8 Å². The summed E-state index contributed by atoms with van der Waals surface area (Å²) in [4.78, 5) is 12.4. The van der Waals surface area contributed by atoms with Crippen molar-refractivity contribution in [1.82, 2.24) is 4.72 Å². The van der Waals surface area contributed by atoms with E-state index < -0.39 is 10.0 Å². The van der Waals surface area contributed by atoms with Crippen molar-refractivity contribution in [1.29, 1.82) is 0 Å². The average molecular weight is 398 g/mol. The minimum absolute atomic E-state index is 0. The van der Waals surface area contributed by atoms with Gasteiger partial charge in [0.1, 0.15) is 0 Å². The number of amides is 1. The Bertz CT molecular complexity index is 839. The maximum absolute atomic E-state index is 12.3. The predicted octanol–water partition coefficient (Wildman–Crippen LogP) is 2.90. The Morgan fingerprint density at radius 3 is 2.38 bits per heavy atom. The molecular formula is C18H24ClN3O3S. The van der Waals surface area contributed by atoms with Crippen LogP contribution in [0.15, 0.2) is 53.4 Å². The molecule has 1 atom stereocenters. The fraction of sp³-hybridized carbons (Fsp3) is 0.278. The molecule has 0 aliphatic carbocycles. The number of hydrogen-bond acceptors (Lipinski definition) is 4. The smallest absolute Gasteiger partial charge is 0.255 e. The SMILES string of the molecule is CCC(C)NS(=O)(=O)c1cccc(NC(=O)c2ccc(CN)cc2)c1.Cl. The topological polar surface area (TPSA) is 101 Å². The molecule has 0 aliphatic rings. The summed E-state index contributed by atoms with van der Waals surface area (Å²) in [6.07, 6.45) is 0.689. The Morgan fingerprint density at radius 1 is 1.15 bits per heavy atom. The second kappa shape index (κ2) is 9.68. The fourth-order valence-corrected chi connectivity index (χ4v) is 3.53. The quantitative estimate of drug-likeness (QED) is 0.668. The molecule has 0 bridgehead atoms. The lowest BCUT2D eigenvalue weighted by Crippen LogP contribution is -2.32. The van der Waals surface area contributed by atoms with E-state index in [1.165, 1.54) is 12.1 Å². The molecule has 2 rings (SSSR count). The normalized spacial score (nSPS) is 12.1. The van der Waals surface area contributed by atoms with E-state index in [1.807, 2.05) is 6.92 Å². The number of rotatable bonds is 7. The van der Waals surface area contributed by atoms with Crippen molar-refractivity contribution in [2.75, 3.05) is 5.32 Å². The Hall–Kier alpha value is -1.93. The van der Waals surface area contributed by atoms with Crippen LogP contribution in [0.1, 0.15) is 36.2 Å². The van der Waals surface area contributed by atoms with Gasteiger partial charge in [-0.1, -0.05) is 25.1 Å². The maximum Gasteiger partial charge on any atom is 0.255 e. The molecule has 0 spiro atoms. The Balaban J connectivity index is 0.00000338. The van der Waals surface area contributed by atoms with Gasteiger partial charge in [-0.2, -0.15) is 0 Å². The number of carbonyl (C=O) groups is 1. The van der Waals surface area contributed by atoms with Gasteiger partial charge in [0.25, 0.3) is 5.91 Å². The van der Waals surface area contributed by atoms with Crippen LogP contribution >= 0.6 is 12.4 Å². The highest BCUT2D eigenvalue weighted by Gasteiger charge is 2.17. The standard InChI is InChI=1S/C18H23N3O3S.ClH/c1-3-13(2)21-25(23,24)17-6-4-5-16(11-17)20-18(22)15-9-7-14(12-19)8-10-15;/h4-11,13,21H,3,12,19H2,1-2H3,(H,20,22);1H. The second-order valence-electron chi connectivity index (χ2n) is 5.81. The number of nitrogens with two attached hydrogens (primary N) is 1. The van der Waals surface area contributed by atoms with Gasteiger partial charge in [0, 0.05) is 23.8 Å². The van der Waals surface area contributed by atoms with Gasteiger partial charge < -0.3 is 11.1 Å². The molecular weight excluding hydrogens is 374 g/mol. The highest BCUT2D eigenvalue weighted by Crippen LogP contribution is 2.17. The summed E-state index contributed by atoms with van der Waals surface area (Å²) in [7, 11) is -3.62. The summed E-state index contributed by atoms with van der Waals surface area (Å²) in [5.74, 6) is -0.312. The third kappa shape index (κ3) is 5.81. The highest BCUT2D eigenvalue weighted by molar-refractivity contribution is 7.89. The highest BCUT2D eigenvalue weighted by atomic mass is 35.5. The zero-order chi connectivity index (χ0) is 18.4. The summed E-state index contributed by atoms with van der Waals surface area (Å²) >= 11 is 0. The first-order chi connectivity index (χ1) is 11.9. The van der Waals surface area contributed by atoms with Crippen LogP contribution in [0.2, 0.25) is 0 Å². The van der Waals surface area contributed by atoms with Crippen molar-refractivity contribution >= 4 is 34.0 Å². The molecule has 0 heterocycles. The summed E-state index contributed by atoms with van der Waals surface area (Å²) in [6, 6.07) is 13.0. The Morgan fingerprint density at radius 2 is 1.81 bits per heavy atom. The number of nitrogens with one attached hydrogen (secondary N) is 2. The minimum atomic E-state index is -3.62. The fourth-order valence-electron chi connectivity index (χ4n) is 2.15. The molecule has 0 aromatic heterocycles. The van der Waals surface area contributed by atoms with Gasteiger partial charge in [-0.05, 0) is 49.2 Å². The molecule has 0 radical (unpaired) electrons. The molecule has 1 unspecified atom stereocenters. The lowest BCUT2D eigenvalue weighted by Gasteiger charge is -2.13. The molecule has 1 amide bonds. The van der Waals surface area contributed by atoms with E-state index in [2.05, 4.69) is 10.0 Å². The van der Waals surface area contributed by atoms with Crippen LogP contribution in [-0.4, -0.2) is 20.4 Å². The number of benzene rings is 2. The van der Waals surface area contributed by atoms with E-state index in [9.17, 15) is 13.2 Å². The van der Waals surface area contributed by atoms with Crippen LogP contribution < -0.4 is 15.8 Å². The maximum atomic E-state index is 12.3. The molecule has 4 N–H and O–H groups in total. The first-order valence-electron chi connectivity index (χ1n) is 8.08. The number of hydrogen-bond donors (Lipinski definition) is 3. The van der Waals surface area contributed by atoms with Crippen molar-refractivity contribution in [2.24, 2.45) is 5.73 Å². The summed E-state index contributed by atoms with van der Waals surface area (Å²) in [5, 5.41) is 2.71. The molecule has 0 saturated heterocycles. The van der Waals surface area contributed by atoms with E-state index in [0.29, 0.717) is 24.2 Å². The number of sulfonamides is 1. The number of halogens is 1. The summed E-state index contributed by atoms with van der Waals surface area (Å²) < 4.78 is 27.3. The van der Waals surface area contributed by atoms with E-state index in [1.54, 1.807) is 43.3 Å². The first-order valence-corrected chi connectivity index (χ1v) is 9.56. The van der Waals surface area contributed by atoms with Gasteiger partial charge in [0.2, 0.25) is 10.0 Å². The average Bonchev–Trinajstić information content (AvgIpc) is 2.61. The van der Waals surface area contributed by atoms with Gasteiger partial charge >= 0.3 is 0 Å². The van der Waals surface area contributed by atoms with Gasteiger partial charge in [-0.15, -0.1) is 12.4 Å². The lowest BCUT2D eigenvalue weighted by atomic mass is 10.1. The molecule has 2 aromatic carbocycles. The lowest BCUT2D eigenvalue weighted by molar-refractivity contribution is 0.102. The number of carbonyl (C=O) groups excluding carboxylic acids is 1. The monoisotopic (exact) mass is 397 g/mol. The zero-order valence-corrected chi connectivity index (χ0v) is 16.4. The molecule has 2 aromatic rings. The number of anilines is 1. The predicted molar refractivity (Wildman–Crippen MR) is 106 cm³/mol. The van der Waals surface area contributed by atoms with Crippen LogP contribution in [-0.2, 0) is 16.6 Å². The molecule has 8 heteroatoms. The zero-order valence-electron chi connectivity index (χ0n) is 14.7. The van der Waals surface area contributed by atoms with Crippen LogP contribution in [0, 0.1) is 0 Å². The molecule has 0 saturated carbocycles. The molecule has 142 valence electrons. The van der Waals surface area contributed by atoms with Crippen molar-refractivity contribution < 1.29 is 13.2 Å². The third-order valence-corrected chi connectivity index (χ3v) is 5.41. The molecule has 6 nitrogen and oxygen atoms in total. The molecule has 0 fully saturated rings. The first kappa shape index (κ1) is 22.1. The summed E-state index contributed by atoms with van der Waals surface area (Å²) in [5.41, 5.74) is 7.36. The van der Waals surface area contributed by atoms with Crippen molar-refractivity contribution in [3.05, 3.63) is 59.7 Å². The Kier molecular flexibility index (Phi) is 8.23. The van der Waals surface area contributed by atoms with Crippen molar-refractivity contribution in [3.63, 3.8) is 0 Å². The van der Waals surface area contributed by atoms with Crippen LogP contribution in [0.5, 0.6) is 0 Å². The summed E-state index contributed by atoms with van der Waals surface area (Å²) in [6.45, 7) is 4.11. The third-order valence-electron chi connectivity index (χ3n) is 3.82. The van der Waals surface area contributed by atoms with Crippen molar-refractivity contribution in [3.8, 4) is 0 Å². The molecule has 26 heavy (non-hydrogen) atoms. The molecule has 0 aliphatic heterocycles. The van der Waals surface area contributed by atoms with Crippen LogP contribution in [0.4, 0.5) is 5.69 Å². The van der Waals surface area contributed by atoms with Gasteiger partial charge in [0.15, 0.2) is 0 Å². The van der Waals surface area contributed by atoms with Gasteiger partial charge in [-0.3, -0.25) is 4.79 Å². The van der Waals surface area contributed by atoms with Crippen LogP contribution in [0.25, 0.3) is 0 Å². The largest absolute Gasteiger partial charge is 0.326 e. The minimum Gasteiger partial charge on any atom is -0.326 e. The Labute approximate surface area is 160 Å². The van der Waals surface area contributed by atoms with E-state index in [0.717, 1.165) is 5.56 Å². The second-order valence-corrected chi connectivity index (χ2v) is 7.53. The van der Waals surface area contributed by atoms with Gasteiger partial charge in [-0.25, -0.2) is 13.1 Å². The van der Waals surface area contributed by atoms with Gasteiger partial charge in [0.05, 0.1) is 4.90 Å². The van der Waals surface area contributed by atoms with Crippen LogP contribution in [0.3, 0.4) is 0 Å². The van der Waals surface area contributed by atoms with E-state index in [-0.39, 0.29) is 29.3 Å². The van der Waals surface area contributed by atoms with E-state index >= 15 is 0 Å². The van der Waals surface area contributed by atoms with E-state index in [4.69, 9.17) is 5.73 Å².